The Bertz CT molecular complexity index is 928. The van der Waals surface area contributed by atoms with Crippen LogP contribution in [0.4, 0.5) is 9.18 Å². The van der Waals surface area contributed by atoms with Crippen molar-refractivity contribution in [2.45, 2.75) is 6.54 Å². The molecular formula is C19H16ClFN2O4. The van der Waals surface area contributed by atoms with Crippen molar-refractivity contribution < 1.29 is 23.5 Å². The van der Waals surface area contributed by atoms with Crippen molar-refractivity contribution in [1.29, 1.82) is 0 Å². The molecule has 0 aliphatic carbocycles. The third-order valence-corrected chi connectivity index (χ3v) is 4.26. The topological polar surface area (TPSA) is 67.9 Å². The number of carbonyl (C=O) groups is 2. The highest BCUT2D eigenvalue weighted by atomic mass is 35.5. The molecule has 8 heteroatoms. The van der Waals surface area contributed by atoms with E-state index in [4.69, 9.17) is 21.1 Å². The largest absolute Gasteiger partial charge is 0.493 e. The minimum atomic E-state index is -0.554. The van der Waals surface area contributed by atoms with Crippen LogP contribution in [-0.2, 0) is 11.3 Å². The Morgan fingerprint density at radius 1 is 1.15 bits per heavy atom. The molecule has 2 aromatic carbocycles. The predicted octanol–water partition coefficient (Wildman–Crippen LogP) is 3.59. The van der Waals surface area contributed by atoms with E-state index in [9.17, 15) is 14.0 Å². The third-order valence-electron chi connectivity index (χ3n) is 3.98. The van der Waals surface area contributed by atoms with Gasteiger partial charge in [0.1, 0.15) is 11.5 Å². The summed E-state index contributed by atoms with van der Waals surface area (Å²) in [6.07, 6.45) is 1.50. The van der Waals surface area contributed by atoms with E-state index < -0.39 is 11.9 Å². The van der Waals surface area contributed by atoms with E-state index >= 15 is 0 Å². The first-order valence-electron chi connectivity index (χ1n) is 7.93. The number of nitrogens with one attached hydrogen (secondary N) is 1. The second-order valence-corrected chi connectivity index (χ2v) is 6.15. The van der Waals surface area contributed by atoms with Crippen LogP contribution in [0.3, 0.4) is 0 Å². The zero-order chi connectivity index (χ0) is 19.6. The van der Waals surface area contributed by atoms with Crippen LogP contribution >= 0.6 is 11.6 Å². The van der Waals surface area contributed by atoms with Crippen LogP contribution in [0.15, 0.2) is 42.1 Å². The average molecular weight is 391 g/mol. The van der Waals surface area contributed by atoms with E-state index in [1.165, 1.54) is 44.6 Å². The smallest absolute Gasteiger partial charge is 0.329 e. The predicted molar refractivity (Wildman–Crippen MR) is 98.0 cm³/mol. The van der Waals surface area contributed by atoms with Crippen LogP contribution in [0, 0.1) is 5.82 Å². The number of carbonyl (C=O) groups excluding carboxylic acids is 2. The lowest BCUT2D eigenvalue weighted by Gasteiger charge is -2.12. The zero-order valence-corrected chi connectivity index (χ0v) is 15.3. The van der Waals surface area contributed by atoms with Gasteiger partial charge in [-0.1, -0.05) is 23.7 Å². The standard InChI is InChI=1S/C19H16ClFN2O4/c1-26-16-9-12(7-14(20)17(16)27-2)8-15-18(24)23(19(25)22-15)10-11-3-5-13(21)6-4-11/h3-9H,10H2,1-2H3,(H,22,25). The van der Waals surface area contributed by atoms with Crippen molar-refractivity contribution in [3.05, 3.63) is 64.1 Å². The third kappa shape index (κ3) is 3.88. The first-order valence-corrected chi connectivity index (χ1v) is 8.31. The molecule has 3 amide bonds. The normalized spacial score (nSPS) is 15.3. The van der Waals surface area contributed by atoms with Gasteiger partial charge in [0.05, 0.1) is 25.8 Å². The van der Waals surface area contributed by atoms with Crippen molar-refractivity contribution in [2.75, 3.05) is 14.2 Å². The van der Waals surface area contributed by atoms with Crippen LogP contribution in [-0.4, -0.2) is 31.1 Å². The molecule has 1 saturated heterocycles. The van der Waals surface area contributed by atoms with Gasteiger partial charge in [-0.05, 0) is 41.5 Å². The van der Waals surface area contributed by atoms with Gasteiger partial charge in [0.2, 0.25) is 0 Å². The summed E-state index contributed by atoms with van der Waals surface area (Å²) in [7, 11) is 2.94. The number of hydrogen-bond acceptors (Lipinski definition) is 4. The molecule has 0 saturated carbocycles. The minimum absolute atomic E-state index is 0.0367. The van der Waals surface area contributed by atoms with Crippen molar-refractivity contribution in [3.63, 3.8) is 0 Å². The van der Waals surface area contributed by atoms with Gasteiger partial charge < -0.3 is 14.8 Å². The maximum absolute atomic E-state index is 13.0. The first kappa shape index (κ1) is 18.7. The molecule has 140 valence electrons. The summed E-state index contributed by atoms with van der Waals surface area (Å²) >= 11 is 6.17. The highest BCUT2D eigenvalue weighted by molar-refractivity contribution is 6.32. The van der Waals surface area contributed by atoms with Crippen LogP contribution in [0.5, 0.6) is 11.5 Å². The van der Waals surface area contributed by atoms with Gasteiger partial charge in [0, 0.05) is 0 Å². The molecule has 27 heavy (non-hydrogen) atoms. The second kappa shape index (κ2) is 7.67. The van der Waals surface area contributed by atoms with Gasteiger partial charge in [0.15, 0.2) is 11.5 Å². The number of ether oxygens (including phenoxy) is 2. The molecule has 3 rings (SSSR count). The number of urea groups is 1. The van der Waals surface area contributed by atoms with Crippen LogP contribution in [0.1, 0.15) is 11.1 Å². The number of imide groups is 1. The number of nitrogens with zero attached hydrogens (tertiary/aromatic N) is 1. The maximum Gasteiger partial charge on any atom is 0.329 e. The molecule has 1 aliphatic rings. The maximum atomic E-state index is 13.0. The van der Waals surface area contributed by atoms with Crippen LogP contribution in [0.2, 0.25) is 5.02 Å². The molecule has 1 heterocycles. The van der Waals surface area contributed by atoms with Gasteiger partial charge >= 0.3 is 6.03 Å². The van der Waals surface area contributed by atoms with Gasteiger partial charge in [-0.25, -0.2) is 9.18 Å². The Kier molecular flexibility index (Phi) is 5.32. The zero-order valence-electron chi connectivity index (χ0n) is 14.6. The number of methoxy groups -OCH3 is 2. The average Bonchev–Trinajstić information content (AvgIpc) is 2.90. The number of rotatable bonds is 5. The minimum Gasteiger partial charge on any atom is -0.493 e. The van der Waals surface area contributed by atoms with Crippen LogP contribution < -0.4 is 14.8 Å². The summed E-state index contributed by atoms with van der Waals surface area (Å²) in [6.45, 7) is 0.0367. The Balaban J connectivity index is 1.86. The Hall–Kier alpha value is -3.06. The molecule has 1 N–H and O–H groups in total. The molecule has 6 nitrogen and oxygen atoms in total. The van der Waals surface area contributed by atoms with E-state index in [0.29, 0.717) is 27.6 Å². The van der Waals surface area contributed by atoms with Crippen molar-refractivity contribution >= 4 is 29.6 Å². The summed E-state index contributed by atoms with van der Waals surface area (Å²) < 4.78 is 23.4. The Morgan fingerprint density at radius 3 is 2.48 bits per heavy atom. The highest BCUT2D eigenvalue weighted by Crippen LogP contribution is 2.36. The SMILES string of the molecule is COc1cc(C=C2NC(=O)N(Cc3ccc(F)cc3)C2=O)cc(Cl)c1OC. The molecule has 0 radical (unpaired) electrons. The van der Waals surface area contributed by atoms with E-state index in [-0.39, 0.29) is 18.1 Å². The number of hydrogen-bond donors (Lipinski definition) is 1. The molecule has 0 unspecified atom stereocenters. The summed E-state index contributed by atoms with van der Waals surface area (Å²) in [5.74, 6) is -0.102. The quantitative estimate of drug-likeness (QED) is 0.625. The van der Waals surface area contributed by atoms with Crippen molar-refractivity contribution in [3.8, 4) is 11.5 Å². The molecular weight excluding hydrogens is 375 g/mol. The molecule has 1 aliphatic heterocycles. The summed E-state index contributed by atoms with van der Waals surface area (Å²) in [6, 6.07) is 8.27. The van der Waals surface area contributed by atoms with E-state index in [2.05, 4.69) is 5.32 Å². The van der Waals surface area contributed by atoms with Crippen LogP contribution in [0.25, 0.3) is 6.08 Å². The van der Waals surface area contributed by atoms with E-state index in [1.807, 2.05) is 0 Å². The first-order chi connectivity index (χ1) is 12.9. The molecule has 1 fully saturated rings. The van der Waals surface area contributed by atoms with Gasteiger partial charge in [0.25, 0.3) is 5.91 Å². The molecule has 0 atom stereocenters. The lowest BCUT2D eigenvalue weighted by Crippen LogP contribution is -2.30. The molecule has 0 spiro atoms. The fourth-order valence-corrected chi connectivity index (χ4v) is 2.97. The van der Waals surface area contributed by atoms with Crippen molar-refractivity contribution in [2.24, 2.45) is 0 Å². The summed E-state index contributed by atoms with van der Waals surface area (Å²) in [4.78, 5) is 25.8. The monoisotopic (exact) mass is 390 g/mol. The Labute approximate surface area is 160 Å². The Morgan fingerprint density at radius 2 is 1.85 bits per heavy atom. The molecule has 0 bridgehead atoms. The number of halogens is 2. The molecule has 0 aromatic heterocycles. The lowest BCUT2D eigenvalue weighted by atomic mass is 10.1. The molecule has 2 aromatic rings. The fourth-order valence-electron chi connectivity index (χ4n) is 2.68. The summed E-state index contributed by atoms with van der Waals surface area (Å²) in [5.41, 5.74) is 1.30. The number of amides is 3. The van der Waals surface area contributed by atoms with E-state index in [1.54, 1.807) is 12.1 Å². The van der Waals surface area contributed by atoms with Crippen molar-refractivity contribution in [1.82, 2.24) is 10.2 Å². The lowest BCUT2D eigenvalue weighted by molar-refractivity contribution is -0.123. The van der Waals surface area contributed by atoms with Gasteiger partial charge in [-0.2, -0.15) is 0 Å². The number of benzene rings is 2. The second-order valence-electron chi connectivity index (χ2n) is 5.74. The summed E-state index contributed by atoms with van der Waals surface area (Å²) in [5, 5.41) is 2.84. The fraction of sp³-hybridized carbons (Fsp3) is 0.158. The van der Waals surface area contributed by atoms with E-state index in [0.717, 1.165) is 4.90 Å². The van der Waals surface area contributed by atoms with Gasteiger partial charge in [-0.3, -0.25) is 9.69 Å². The highest BCUT2D eigenvalue weighted by Gasteiger charge is 2.33. The van der Waals surface area contributed by atoms with Gasteiger partial charge in [-0.15, -0.1) is 0 Å².